The highest BCUT2D eigenvalue weighted by molar-refractivity contribution is 7.63. The number of nitrogens with one attached hydrogen (secondary N) is 1. The lowest BCUT2D eigenvalue weighted by molar-refractivity contribution is 0.114. The zero-order chi connectivity index (χ0) is 8.65. The van der Waals surface area contributed by atoms with Gasteiger partial charge in [0.05, 0.1) is 13.2 Å². The minimum atomic E-state index is -0.812. The third-order valence-electron chi connectivity index (χ3n) is 0.982. The Morgan fingerprint density at radius 1 is 1.50 bits per heavy atom. The first-order valence-corrected chi connectivity index (χ1v) is 6.36. The second-order valence-electron chi connectivity index (χ2n) is 1.77. The zero-order valence-electron chi connectivity index (χ0n) is 6.67. The highest BCUT2D eigenvalue weighted by Gasteiger charge is 2.07. The van der Waals surface area contributed by atoms with Gasteiger partial charge in [-0.05, 0) is 6.92 Å². The molecule has 1 unspecified atom stereocenters. The molecule has 0 aromatic heterocycles. The Balaban J connectivity index is 2.00. The van der Waals surface area contributed by atoms with Gasteiger partial charge in [0.2, 0.25) is 8.45 Å². The summed E-state index contributed by atoms with van der Waals surface area (Å²) >= 11 is 0. The van der Waals surface area contributed by atoms with E-state index in [1.807, 2.05) is 6.92 Å². The van der Waals surface area contributed by atoms with Crippen molar-refractivity contribution in [3.05, 3.63) is 0 Å². The molecule has 1 heterocycles. The van der Waals surface area contributed by atoms with Crippen molar-refractivity contribution in [2.45, 2.75) is 6.92 Å². The van der Waals surface area contributed by atoms with Crippen LogP contribution in [0.5, 0.6) is 0 Å². The van der Waals surface area contributed by atoms with Gasteiger partial charge >= 0.3 is 0 Å². The first kappa shape index (κ1) is 10.6. The number of ether oxygens (including phenoxy) is 1. The van der Waals surface area contributed by atoms with Gasteiger partial charge in [0.25, 0.3) is 0 Å². The molecule has 0 fully saturated rings. The van der Waals surface area contributed by atoms with Crippen LogP contribution in [0.25, 0.3) is 0 Å². The molecular formula is C4H10N3O2P3. The van der Waals surface area contributed by atoms with Gasteiger partial charge in [0, 0.05) is 6.61 Å². The molecule has 1 atom stereocenters. The summed E-state index contributed by atoms with van der Waals surface area (Å²) in [5.41, 5.74) is 0. The van der Waals surface area contributed by atoms with Gasteiger partial charge in [-0.2, -0.15) is 13.9 Å². The van der Waals surface area contributed by atoms with Crippen molar-refractivity contribution in [3.8, 4) is 0 Å². The van der Waals surface area contributed by atoms with E-state index >= 15 is 0 Å². The van der Waals surface area contributed by atoms with Crippen LogP contribution >= 0.6 is 25.5 Å². The molecule has 0 spiro atoms. The summed E-state index contributed by atoms with van der Waals surface area (Å²) in [5, 5.41) is 0. The average Bonchev–Trinajstić information content (AvgIpc) is 2.14. The number of hydrogen-bond acceptors (Lipinski definition) is 5. The van der Waals surface area contributed by atoms with Crippen LogP contribution in [0.15, 0.2) is 9.03 Å². The van der Waals surface area contributed by atoms with Crippen LogP contribution in [-0.2, 0) is 9.26 Å². The quantitative estimate of drug-likeness (QED) is 0.578. The van der Waals surface area contributed by atoms with Crippen molar-refractivity contribution in [2.75, 3.05) is 19.8 Å². The molecule has 0 saturated carbocycles. The van der Waals surface area contributed by atoms with Crippen LogP contribution < -0.4 is 4.86 Å². The van der Waals surface area contributed by atoms with E-state index in [9.17, 15) is 0 Å². The zero-order valence-corrected chi connectivity index (χ0v) is 9.36. The van der Waals surface area contributed by atoms with E-state index in [0.29, 0.717) is 13.2 Å². The van der Waals surface area contributed by atoms with E-state index in [1.165, 1.54) is 0 Å². The van der Waals surface area contributed by atoms with Gasteiger partial charge in [0.15, 0.2) is 8.52 Å². The van der Waals surface area contributed by atoms with Gasteiger partial charge in [-0.1, -0.05) is 0 Å². The lowest BCUT2D eigenvalue weighted by Gasteiger charge is -2.10. The molecule has 1 N–H and O–H groups in total. The minimum absolute atomic E-state index is 0.598. The van der Waals surface area contributed by atoms with Crippen molar-refractivity contribution >= 4 is 25.5 Å². The fraction of sp³-hybridized carbons (Fsp3) is 1.00. The molecule has 0 aromatic carbocycles. The SMILES string of the molecule is CCOCCOP1N=PN=PN1. The van der Waals surface area contributed by atoms with Crippen LogP contribution in [0.1, 0.15) is 6.92 Å². The number of rotatable bonds is 5. The van der Waals surface area contributed by atoms with Crippen LogP contribution in [0.2, 0.25) is 0 Å². The molecule has 0 radical (unpaired) electrons. The van der Waals surface area contributed by atoms with Crippen molar-refractivity contribution in [1.82, 2.24) is 4.86 Å². The molecule has 0 aliphatic carbocycles. The summed E-state index contributed by atoms with van der Waals surface area (Å²) in [6.07, 6.45) is 0. The molecule has 12 heavy (non-hydrogen) atoms. The smallest absolute Gasteiger partial charge is 0.250 e. The monoisotopic (exact) mass is 225 g/mol. The fourth-order valence-electron chi connectivity index (χ4n) is 0.534. The Labute approximate surface area is 76.1 Å². The third-order valence-corrected chi connectivity index (χ3v) is 4.10. The maximum Gasteiger partial charge on any atom is 0.250 e. The third kappa shape index (κ3) is 4.51. The molecule has 0 bridgehead atoms. The van der Waals surface area contributed by atoms with E-state index in [4.69, 9.17) is 9.26 Å². The molecule has 0 aromatic rings. The second-order valence-corrected chi connectivity index (χ2v) is 5.19. The maximum absolute atomic E-state index is 5.37. The summed E-state index contributed by atoms with van der Waals surface area (Å²) in [4.78, 5) is 3.01. The Morgan fingerprint density at radius 2 is 2.42 bits per heavy atom. The fourth-order valence-corrected chi connectivity index (χ4v) is 3.48. The Kier molecular flexibility index (Phi) is 6.15. The molecule has 1 rings (SSSR count). The molecular weight excluding hydrogens is 215 g/mol. The van der Waals surface area contributed by atoms with E-state index in [0.717, 1.165) is 23.7 Å². The Hall–Kier alpha value is 0.510. The summed E-state index contributed by atoms with van der Waals surface area (Å²) in [6, 6.07) is 0. The van der Waals surface area contributed by atoms with Crippen LogP contribution in [-0.4, -0.2) is 19.8 Å². The Bertz CT molecular complexity index is 177. The van der Waals surface area contributed by atoms with Gasteiger partial charge in [-0.15, -0.1) is 0 Å². The van der Waals surface area contributed by atoms with Gasteiger partial charge in [0.1, 0.15) is 8.52 Å². The average molecular weight is 225 g/mol. The molecule has 8 heteroatoms. The minimum Gasteiger partial charge on any atom is -0.379 e. The number of hydrogen-bond donors (Lipinski definition) is 1. The van der Waals surface area contributed by atoms with Crippen molar-refractivity contribution < 1.29 is 9.26 Å². The molecule has 0 amide bonds. The first-order chi connectivity index (χ1) is 5.93. The van der Waals surface area contributed by atoms with Gasteiger partial charge in [-0.25, -0.2) is 0 Å². The van der Waals surface area contributed by atoms with Crippen LogP contribution in [0, 0.1) is 0 Å². The van der Waals surface area contributed by atoms with Crippen molar-refractivity contribution in [1.29, 1.82) is 0 Å². The van der Waals surface area contributed by atoms with E-state index in [2.05, 4.69) is 13.9 Å². The van der Waals surface area contributed by atoms with E-state index in [1.54, 1.807) is 0 Å². The standard InChI is InChI=1S/C4H10N3O2P3/c1-2-8-3-4-9-12-6-10-5-11-7-12/h2-4H2,1H3,(H,5,6,7). The van der Waals surface area contributed by atoms with Gasteiger partial charge < -0.3 is 9.26 Å². The molecule has 0 saturated heterocycles. The molecule has 68 valence electrons. The maximum atomic E-state index is 5.37. The molecule has 1 aliphatic heterocycles. The topological polar surface area (TPSA) is 55.2 Å². The van der Waals surface area contributed by atoms with Crippen LogP contribution in [0.4, 0.5) is 0 Å². The molecule has 5 nitrogen and oxygen atoms in total. The normalized spacial score (nSPS) is 24.2. The molecule has 1 aliphatic rings. The van der Waals surface area contributed by atoms with Crippen LogP contribution in [0.3, 0.4) is 0 Å². The summed E-state index contributed by atoms with van der Waals surface area (Å²) in [6.45, 7) is 3.93. The predicted octanol–water partition coefficient (Wildman–Crippen LogP) is 2.96. The van der Waals surface area contributed by atoms with Crippen molar-refractivity contribution in [2.24, 2.45) is 9.03 Å². The highest BCUT2D eigenvalue weighted by Crippen LogP contribution is 2.43. The lowest BCUT2D eigenvalue weighted by Crippen LogP contribution is -2.03. The van der Waals surface area contributed by atoms with E-state index < -0.39 is 8.45 Å². The largest absolute Gasteiger partial charge is 0.379 e. The number of nitrogens with zero attached hydrogens (tertiary/aromatic N) is 2. The van der Waals surface area contributed by atoms with E-state index in [-0.39, 0.29) is 0 Å². The predicted molar refractivity (Wildman–Crippen MR) is 51.2 cm³/mol. The van der Waals surface area contributed by atoms with Crippen molar-refractivity contribution in [3.63, 3.8) is 0 Å². The summed E-state index contributed by atoms with van der Waals surface area (Å²) < 4.78 is 18.5. The second kappa shape index (κ2) is 6.97. The summed E-state index contributed by atoms with van der Waals surface area (Å²) in [5.74, 6) is 0. The summed E-state index contributed by atoms with van der Waals surface area (Å²) in [7, 11) is 0.819. The Morgan fingerprint density at radius 3 is 3.08 bits per heavy atom. The highest BCUT2D eigenvalue weighted by atomic mass is 31.2. The van der Waals surface area contributed by atoms with Gasteiger partial charge in [-0.3, -0.25) is 0 Å². The lowest BCUT2D eigenvalue weighted by atomic mass is 10.8. The first-order valence-electron chi connectivity index (χ1n) is 3.50.